The highest BCUT2D eigenvalue weighted by atomic mass is 35.5. The fourth-order valence-electron chi connectivity index (χ4n) is 6.10. The van der Waals surface area contributed by atoms with Crippen molar-refractivity contribution in [1.82, 2.24) is 10.2 Å². The van der Waals surface area contributed by atoms with E-state index in [1.165, 1.54) is 12.0 Å². The third-order valence-corrected chi connectivity index (χ3v) is 8.08. The zero-order valence-corrected chi connectivity index (χ0v) is 22.1. The van der Waals surface area contributed by atoms with Crippen molar-refractivity contribution in [3.8, 4) is 11.5 Å². The Bertz CT molecular complexity index is 1360. The van der Waals surface area contributed by atoms with Gasteiger partial charge in [-0.05, 0) is 49.1 Å². The molecule has 1 spiro atoms. The number of likely N-dealkylation sites (tertiary alicyclic amines) is 1. The normalized spacial score (nSPS) is 25.5. The number of fused-ring (bicyclic) bond motifs is 4. The van der Waals surface area contributed by atoms with Crippen LogP contribution in [0.4, 0.5) is 5.69 Å². The number of nitrogens with one attached hydrogen (secondary N) is 2. The summed E-state index contributed by atoms with van der Waals surface area (Å²) in [6, 6.07) is 8.34. The molecule has 2 aromatic carbocycles. The number of aryl methyl sites for hydroxylation is 1. The Labute approximate surface area is 224 Å². The first-order valence-corrected chi connectivity index (χ1v) is 12.7. The number of methoxy groups -OCH3 is 2. The van der Waals surface area contributed by atoms with Crippen LogP contribution < -0.4 is 25.8 Å². The molecule has 0 radical (unpaired) electrons. The van der Waals surface area contributed by atoms with Gasteiger partial charge in [0.25, 0.3) is 0 Å². The van der Waals surface area contributed by atoms with E-state index in [0.29, 0.717) is 34.2 Å². The fourth-order valence-corrected chi connectivity index (χ4v) is 6.42. The van der Waals surface area contributed by atoms with Crippen molar-refractivity contribution in [2.75, 3.05) is 26.1 Å². The van der Waals surface area contributed by atoms with Crippen molar-refractivity contribution >= 4 is 40.9 Å². The molecule has 10 nitrogen and oxygen atoms in total. The number of benzene rings is 2. The molecular weight excluding hydrogens is 512 g/mol. The summed E-state index contributed by atoms with van der Waals surface area (Å²) >= 11 is 6.46. The predicted molar refractivity (Wildman–Crippen MR) is 139 cm³/mol. The van der Waals surface area contributed by atoms with Crippen LogP contribution in [0.5, 0.6) is 11.5 Å². The molecule has 200 valence electrons. The van der Waals surface area contributed by atoms with Crippen LogP contribution in [0.1, 0.15) is 29.5 Å². The first-order chi connectivity index (χ1) is 18.1. The van der Waals surface area contributed by atoms with Crippen LogP contribution >= 0.6 is 11.6 Å². The number of carbonyl (C=O) groups is 4. The second-order valence-electron chi connectivity index (χ2n) is 9.96. The van der Waals surface area contributed by atoms with E-state index in [0.717, 1.165) is 11.1 Å². The Hall–Kier alpha value is -3.63. The van der Waals surface area contributed by atoms with Crippen LogP contribution in [0.2, 0.25) is 5.02 Å². The van der Waals surface area contributed by atoms with Gasteiger partial charge in [0.05, 0.1) is 36.8 Å². The van der Waals surface area contributed by atoms with Gasteiger partial charge in [-0.1, -0.05) is 23.7 Å². The number of carbonyl (C=O) groups excluding carboxylic acids is 4. The van der Waals surface area contributed by atoms with Gasteiger partial charge in [0, 0.05) is 24.6 Å². The number of halogens is 1. The van der Waals surface area contributed by atoms with Gasteiger partial charge in [0.2, 0.25) is 23.6 Å². The third-order valence-electron chi connectivity index (χ3n) is 7.79. The quantitative estimate of drug-likeness (QED) is 0.434. The summed E-state index contributed by atoms with van der Waals surface area (Å²) in [5, 5.41) is 6.47. The molecule has 0 unspecified atom stereocenters. The van der Waals surface area contributed by atoms with Gasteiger partial charge in [0.1, 0.15) is 5.54 Å². The highest BCUT2D eigenvalue weighted by Crippen LogP contribution is 2.55. The van der Waals surface area contributed by atoms with Crippen molar-refractivity contribution < 1.29 is 28.7 Å². The minimum atomic E-state index is -1.48. The van der Waals surface area contributed by atoms with Crippen molar-refractivity contribution in [1.29, 1.82) is 0 Å². The molecule has 11 heteroatoms. The maximum absolute atomic E-state index is 13.9. The van der Waals surface area contributed by atoms with Gasteiger partial charge in [0.15, 0.2) is 11.5 Å². The molecule has 0 saturated carbocycles. The van der Waals surface area contributed by atoms with Crippen molar-refractivity contribution in [2.24, 2.45) is 17.6 Å². The van der Waals surface area contributed by atoms with Crippen LogP contribution in [0.15, 0.2) is 30.3 Å². The summed E-state index contributed by atoms with van der Waals surface area (Å²) in [6.45, 7) is 1.97. The van der Waals surface area contributed by atoms with E-state index in [2.05, 4.69) is 10.6 Å². The molecule has 2 fully saturated rings. The minimum Gasteiger partial charge on any atom is -0.493 e. The van der Waals surface area contributed by atoms with E-state index in [1.807, 2.05) is 19.1 Å². The van der Waals surface area contributed by atoms with E-state index in [1.54, 1.807) is 25.3 Å². The lowest BCUT2D eigenvalue weighted by molar-refractivity contribution is -0.142. The number of nitrogens with two attached hydrogens (primary N) is 1. The molecule has 0 bridgehead atoms. The highest BCUT2D eigenvalue weighted by Gasteiger charge is 2.70. The molecule has 4 N–H and O–H groups in total. The van der Waals surface area contributed by atoms with E-state index in [4.69, 9.17) is 26.8 Å². The summed E-state index contributed by atoms with van der Waals surface area (Å²) in [5.41, 5.74) is 6.53. The summed E-state index contributed by atoms with van der Waals surface area (Å²) in [5.74, 6) is -2.48. The standard InChI is InChI=1S/C27H29ClN4O6/c1-13-10-15-23(16(28)11-13)30-26(36)27(15)22-21(17(31-27)5-7-20(29)33)24(34)32(25(22)35)9-8-14-4-6-18(37-2)19(12-14)38-3/h4,6,10-12,17,21-22,31H,5,7-9H2,1-3H3,(H2,29,33)(H,30,36)/t17-,21+,22+,27+/m0/s1. The minimum absolute atomic E-state index is 0.00707. The maximum Gasteiger partial charge on any atom is 0.250 e. The number of imide groups is 1. The molecule has 38 heavy (non-hydrogen) atoms. The van der Waals surface area contributed by atoms with E-state index in [9.17, 15) is 19.2 Å². The van der Waals surface area contributed by atoms with Crippen LogP contribution in [0, 0.1) is 18.8 Å². The Morgan fingerprint density at radius 1 is 1.11 bits per heavy atom. The summed E-state index contributed by atoms with van der Waals surface area (Å²) in [4.78, 5) is 54.1. The van der Waals surface area contributed by atoms with Gasteiger partial charge in [-0.25, -0.2) is 0 Å². The van der Waals surface area contributed by atoms with Crippen molar-refractivity contribution in [2.45, 2.75) is 37.8 Å². The molecule has 3 aliphatic heterocycles. The summed E-state index contributed by atoms with van der Waals surface area (Å²) in [7, 11) is 3.08. The molecule has 5 rings (SSSR count). The van der Waals surface area contributed by atoms with Gasteiger partial charge in [-0.3, -0.25) is 29.4 Å². The first kappa shape index (κ1) is 26.0. The molecule has 3 aliphatic rings. The molecule has 2 saturated heterocycles. The molecule has 2 aromatic rings. The average Bonchev–Trinajstić information content (AvgIpc) is 3.46. The predicted octanol–water partition coefficient (Wildman–Crippen LogP) is 1.89. The van der Waals surface area contributed by atoms with Crippen LogP contribution in [0.25, 0.3) is 0 Å². The number of primary amides is 1. The topological polar surface area (TPSA) is 140 Å². The number of amides is 4. The lowest BCUT2D eigenvalue weighted by atomic mass is 9.76. The fraction of sp³-hybridized carbons (Fsp3) is 0.407. The number of anilines is 1. The van der Waals surface area contributed by atoms with Crippen LogP contribution in [-0.2, 0) is 31.1 Å². The molecule has 3 heterocycles. The summed E-state index contributed by atoms with van der Waals surface area (Å²) < 4.78 is 10.6. The van der Waals surface area contributed by atoms with Gasteiger partial charge in [-0.2, -0.15) is 0 Å². The number of rotatable bonds is 8. The van der Waals surface area contributed by atoms with Gasteiger partial charge < -0.3 is 20.5 Å². The van der Waals surface area contributed by atoms with E-state index < -0.39 is 41.1 Å². The number of ether oxygens (including phenoxy) is 2. The monoisotopic (exact) mass is 540 g/mol. The molecule has 0 aromatic heterocycles. The zero-order valence-electron chi connectivity index (χ0n) is 21.3. The maximum atomic E-state index is 13.9. The Morgan fingerprint density at radius 3 is 2.53 bits per heavy atom. The first-order valence-electron chi connectivity index (χ1n) is 12.4. The lowest BCUT2D eigenvalue weighted by Crippen LogP contribution is -2.53. The number of hydrogen-bond acceptors (Lipinski definition) is 7. The lowest BCUT2D eigenvalue weighted by Gasteiger charge is -2.29. The highest BCUT2D eigenvalue weighted by molar-refractivity contribution is 6.35. The van der Waals surface area contributed by atoms with Crippen molar-refractivity contribution in [3.63, 3.8) is 0 Å². The van der Waals surface area contributed by atoms with Crippen LogP contribution in [-0.4, -0.2) is 55.3 Å². The SMILES string of the molecule is COc1ccc(CCN2C(=O)[C@@H]3[C@H](CCC(N)=O)N[C@@]4(C(=O)Nc5c(Cl)cc(C)cc54)[C@H]3C2=O)cc1OC. The second-order valence-corrected chi connectivity index (χ2v) is 10.4. The third kappa shape index (κ3) is 3.90. The van der Waals surface area contributed by atoms with Crippen molar-refractivity contribution in [3.05, 3.63) is 52.0 Å². The zero-order chi connectivity index (χ0) is 27.4. The largest absolute Gasteiger partial charge is 0.493 e. The average molecular weight is 541 g/mol. The smallest absolute Gasteiger partial charge is 0.250 e. The van der Waals surface area contributed by atoms with Gasteiger partial charge >= 0.3 is 0 Å². The molecule has 4 amide bonds. The molecule has 4 atom stereocenters. The number of nitrogens with zero attached hydrogens (tertiary/aromatic N) is 1. The Morgan fingerprint density at radius 2 is 1.84 bits per heavy atom. The summed E-state index contributed by atoms with van der Waals surface area (Å²) in [6.07, 6.45) is 0.605. The Balaban J connectivity index is 1.50. The molecule has 0 aliphatic carbocycles. The van der Waals surface area contributed by atoms with E-state index in [-0.39, 0.29) is 25.3 Å². The van der Waals surface area contributed by atoms with Crippen LogP contribution in [0.3, 0.4) is 0 Å². The van der Waals surface area contributed by atoms with Gasteiger partial charge in [-0.15, -0.1) is 0 Å². The Kier molecular flexibility index (Phi) is 6.56. The molecular formula is C27H29ClN4O6. The van der Waals surface area contributed by atoms with E-state index >= 15 is 0 Å². The number of hydrogen-bond donors (Lipinski definition) is 3. The second kappa shape index (κ2) is 9.59.